The molecule has 2 heterocycles. The van der Waals surface area contributed by atoms with Gasteiger partial charge in [0.05, 0.1) is 31.6 Å². The van der Waals surface area contributed by atoms with Gasteiger partial charge in [0, 0.05) is 12.6 Å². The molecule has 0 bridgehead atoms. The molecule has 2 aromatic rings. The number of carboxylic acid groups (broad SMARTS) is 1. The number of hydrogen-bond acceptors (Lipinski definition) is 5. The molecule has 1 aromatic carbocycles. The second kappa shape index (κ2) is 6.89. The summed E-state index contributed by atoms with van der Waals surface area (Å²) < 4.78 is 32.3. The lowest BCUT2D eigenvalue weighted by Crippen LogP contribution is -2.43. The van der Waals surface area contributed by atoms with Crippen LogP contribution in [0.3, 0.4) is 0 Å². The minimum Gasteiger partial charge on any atom is -0.476 e. The van der Waals surface area contributed by atoms with E-state index in [0.29, 0.717) is 0 Å². The van der Waals surface area contributed by atoms with Gasteiger partial charge in [0.15, 0.2) is 5.69 Å². The summed E-state index contributed by atoms with van der Waals surface area (Å²) in [4.78, 5) is 32.3. The van der Waals surface area contributed by atoms with Crippen molar-refractivity contribution in [3.05, 3.63) is 59.2 Å². The van der Waals surface area contributed by atoms with Crippen molar-refractivity contribution in [3.63, 3.8) is 0 Å². The Kier molecular flexibility index (Phi) is 4.66. The summed E-state index contributed by atoms with van der Waals surface area (Å²) in [6.07, 6.45) is 2.04. The number of halogens is 2. The quantitative estimate of drug-likeness (QED) is 0.906. The summed E-state index contributed by atoms with van der Waals surface area (Å²) in [6.45, 7) is 0.542. The van der Waals surface area contributed by atoms with Crippen LogP contribution in [0, 0.1) is 11.6 Å². The van der Waals surface area contributed by atoms with E-state index in [0.717, 1.165) is 30.6 Å². The molecule has 3 rings (SSSR count). The number of ether oxygens (including phenoxy) is 1. The van der Waals surface area contributed by atoms with Gasteiger partial charge in [0.1, 0.15) is 17.3 Å². The zero-order valence-electron chi connectivity index (χ0n) is 12.9. The van der Waals surface area contributed by atoms with Crippen LogP contribution < -0.4 is 0 Å². The SMILES string of the molecule is O=C(O)c1cnc(C(=O)N2CCOCC2c2cc(F)cc(F)c2)cn1. The van der Waals surface area contributed by atoms with Crippen molar-refractivity contribution in [1.82, 2.24) is 14.9 Å². The van der Waals surface area contributed by atoms with E-state index in [4.69, 9.17) is 9.84 Å². The molecule has 1 aliphatic rings. The summed E-state index contributed by atoms with van der Waals surface area (Å²) in [5.41, 5.74) is -0.0864. The summed E-state index contributed by atoms with van der Waals surface area (Å²) in [7, 11) is 0. The van der Waals surface area contributed by atoms with Gasteiger partial charge in [-0.15, -0.1) is 0 Å². The minimum absolute atomic E-state index is 0.0613. The number of nitrogens with zero attached hydrogens (tertiary/aromatic N) is 3. The molecule has 1 aromatic heterocycles. The first kappa shape index (κ1) is 16.9. The van der Waals surface area contributed by atoms with Crippen LogP contribution >= 0.6 is 0 Å². The average Bonchev–Trinajstić information content (AvgIpc) is 2.60. The second-order valence-electron chi connectivity index (χ2n) is 5.38. The maximum atomic E-state index is 13.5. The van der Waals surface area contributed by atoms with E-state index < -0.39 is 29.6 Å². The first-order valence-corrected chi connectivity index (χ1v) is 7.36. The highest BCUT2D eigenvalue weighted by atomic mass is 19.1. The van der Waals surface area contributed by atoms with Gasteiger partial charge in [0.25, 0.3) is 5.91 Å². The van der Waals surface area contributed by atoms with E-state index in [1.54, 1.807) is 0 Å². The second-order valence-corrected chi connectivity index (χ2v) is 5.38. The maximum Gasteiger partial charge on any atom is 0.356 e. The van der Waals surface area contributed by atoms with Crippen molar-refractivity contribution in [2.75, 3.05) is 19.8 Å². The lowest BCUT2D eigenvalue weighted by molar-refractivity contribution is -0.00320. The Morgan fingerprint density at radius 1 is 1.12 bits per heavy atom. The number of amides is 1. The van der Waals surface area contributed by atoms with Crippen LogP contribution in [-0.2, 0) is 4.74 Å². The van der Waals surface area contributed by atoms with Crippen molar-refractivity contribution in [2.45, 2.75) is 6.04 Å². The molecule has 1 unspecified atom stereocenters. The van der Waals surface area contributed by atoms with Gasteiger partial charge in [-0.25, -0.2) is 23.5 Å². The molecule has 1 atom stereocenters. The van der Waals surface area contributed by atoms with E-state index in [-0.39, 0.29) is 36.7 Å². The Bertz CT molecular complexity index is 793. The molecule has 1 N–H and O–H groups in total. The molecule has 25 heavy (non-hydrogen) atoms. The number of aromatic carboxylic acids is 1. The monoisotopic (exact) mass is 349 g/mol. The number of carbonyl (C=O) groups excluding carboxylic acids is 1. The van der Waals surface area contributed by atoms with Crippen LogP contribution in [0.1, 0.15) is 32.6 Å². The van der Waals surface area contributed by atoms with E-state index in [1.165, 1.54) is 4.90 Å². The zero-order valence-corrected chi connectivity index (χ0v) is 12.9. The number of carboxylic acids is 1. The van der Waals surface area contributed by atoms with E-state index >= 15 is 0 Å². The fraction of sp³-hybridized carbons (Fsp3) is 0.250. The first-order valence-electron chi connectivity index (χ1n) is 7.36. The third-order valence-corrected chi connectivity index (χ3v) is 3.75. The third-order valence-electron chi connectivity index (χ3n) is 3.75. The summed E-state index contributed by atoms with van der Waals surface area (Å²) in [6, 6.07) is 2.34. The van der Waals surface area contributed by atoms with Gasteiger partial charge < -0.3 is 14.7 Å². The third kappa shape index (κ3) is 3.61. The highest BCUT2D eigenvalue weighted by molar-refractivity contribution is 5.93. The molecular formula is C16H13F2N3O4. The number of benzene rings is 1. The molecule has 1 aliphatic heterocycles. The van der Waals surface area contributed by atoms with Crippen LogP contribution in [0.25, 0.3) is 0 Å². The predicted molar refractivity (Wildman–Crippen MR) is 79.9 cm³/mol. The molecule has 130 valence electrons. The molecule has 0 spiro atoms. The number of aromatic nitrogens is 2. The lowest BCUT2D eigenvalue weighted by Gasteiger charge is -2.35. The molecular weight excluding hydrogens is 336 g/mol. The van der Waals surface area contributed by atoms with E-state index in [1.807, 2.05) is 0 Å². The van der Waals surface area contributed by atoms with Crippen molar-refractivity contribution in [2.24, 2.45) is 0 Å². The van der Waals surface area contributed by atoms with Crippen LogP contribution in [0.5, 0.6) is 0 Å². The van der Waals surface area contributed by atoms with Crippen LogP contribution in [0.15, 0.2) is 30.6 Å². The predicted octanol–water partition coefficient (Wildman–Crippen LogP) is 1.67. The number of morpholine rings is 1. The van der Waals surface area contributed by atoms with Gasteiger partial charge in [-0.1, -0.05) is 0 Å². The van der Waals surface area contributed by atoms with Crippen LogP contribution in [0.2, 0.25) is 0 Å². The largest absolute Gasteiger partial charge is 0.476 e. The highest BCUT2D eigenvalue weighted by Crippen LogP contribution is 2.27. The minimum atomic E-state index is -1.26. The highest BCUT2D eigenvalue weighted by Gasteiger charge is 2.31. The first-order chi connectivity index (χ1) is 12.0. The van der Waals surface area contributed by atoms with Crippen molar-refractivity contribution < 1.29 is 28.2 Å². The van der Waals surface area contributed by atoms with E-state index in [2.05, 4.69) is 9.97 Å². The van der Waals surface area contributed by atoms with Crippen molar-refractivity contribution in [3.8, 4) is 0 Å². The Morgan fingerprint density at radius 2 is 1.76 bits per heavy atom. The summed E-state index contributed by atoms with van der Waals surface area (Å²) in [5, 5.41) is 8.82. The topological polar surface area (TPSA) is 92.6 Å². The Hall–Kier alpha value is -2.94. The number of rotatable bonds is 3. The van der Waals surface area contributed by atoms with Gasteiger partial charge in [-0.05, 0) is 17.7 Å². The molecule has 1 fully saturated rings. The molecule has 1 amide bonds. The van der Waals surface area contributed by atoms with Gasteiger partial charge in [-0.2, -0.15) is 0 Å². The lowest BCUT2D eigenvalue weighted by atomic mass is 10.0. The van der Waals surface area contributed by atoms with Crippen molar-refractivity contribution in [1.29, 1.82) is 0 Å². The molecule has 7 nitrogen and oxygen atoms in total. The molecule has 9 heteroatoms. The Morgan fingerprint density at radius 3 is 2.36 bits per heavy atom. The fourth-order valence-electron chi connectivity index (χ4n) is 2.59. The van der Waals surface area contributed by atoms with Crippen LogP contribution in [0.4, 0.5) is 8.78 Å². The summed E-state index contributed by atoms with van der Waals surface area (Å²) in [5.74, 6) is -3.29. The maximum absolute atomic E-state index is 13.5. The molecule has 1 saturated heterocycles. The summed E-state index contributed by atoms with van der Waals surface area (Å²) >= 11 is 0. The standard InChI is InChI=1S/C16H13F2N3O4/c17-10-3-9(4-11(18)5-10)14-8-25-2-1-21(14)15(22)12-6-20-13(7-19-12)16(23)24/h3-7,14H,1-2,8H2,(H,23,24). The normalized spacial score (nSPS) is 17.4. The Balaban J connectivity index is 1.89. The zero-order chi connectivity index (χ0) is 18.0. The molecule has 0 aliphatic carbocycles. The molecule has 0 radical (unpaired) electrons. The van der Waals surface area contributed by atoms with Gasteiger partial charge in [0.2, 0.25) is 0 Å². The van der Waals surface area contributed by atoms with Gasteiger partial charge >= 0.3 is 5.97 Å². The van der Waals surface area contributed by atoms with E-state index in [9.17, 15) is 18.4 Å². The average molecular weight is 349 g/mol. The smallest absolute Gasteiger partial charge is 0.356 e. The van der Waals surface area contributed by atoms with Gasteiger partial charge in [-0.3, -0.25) is 4.79 Å². The van der Waals surface area contributed by atoms with Crippen LogP contribution in [-0.4, -0.2) is 51.6 Å². The number of hydrogen-bond donors (Lipinski definition) is 1. The number of carbonyl (C=O) groups is 2. The Labute approximate surface area is 140 Å². The van der Waals surface area contributed by atoms with Crippen molar-refractivity contribution >= 4 is 11.9 Å². The molecule has 0 saturated carbocycles. The fourth-order valence-corrected chi connectivity index (χ4v) is 2.59.